The predicted molar refractivity (Wildman–Crippen MR) is 120 cm³/mol. The standard InChI is InChI=1S/C24H23F3N4O2/c1-16-15-21(32)22(29-31(16)20-8-4-3-7-19(20)24(25,26)27)23(33)28-17-9-11-18(12-10-17)30-13-5-2-6-14-30/h3-4,7-12,15H,2,5-6,13-14H2,1H3,(H,28,33). The molecule has 3 aromatic rings. The Labute approximate surface area is 188 Å². The van der Waals surface area contributed by atoms with Crippen molar-refractivity contribution >= 4 is 17.3 Å². The molecule has 0 spiro atoms. The number of rotatable bonds is 4. The molecule has 0 bridgehead atoms. The summed E-state index contributed by atoms with van der Waals surface area (Å²) in [5.41, 5.74) is -0.643. The Kier molecular flexibility index (Phi) is 6.22. The highest BCUT2D eigenvalue weighted by Crippen LogP contribution is 2.33. The molecule has 1 aliphatic heterocycles. The Morgan fingerprint density at radius 2 is 1.67 bits per heavy atom. The van der Waals surface area contributed by atoms with Crippen LogP contribution >= 0.6 is 0 Å². The number of carbonyl (C=O) groups is 1. The van der Waals surface area contributed by atoms with Crippen LogP contribution in [0.1, 0.15) is 41.0 Å². The van der Waals surface area contributed by atoms with Crippen LogP contribution < -0.4 is 15.6 Å². The average Bonchev–Trinajstić information content (AvgIpc) is 2.79. The van der Waals surface area contributed by atoms with Gasteiger partial charge in [0.2, 0.25) is 5.43 Å². The lowest BCUT2D eigenvalue weighted by molar-refractivity contribution is -0.137. The number of benzene rings is 2. The van der Waals surface area contributed by atoms with Gasteiger partial charge in [0.05, 0.1) is 11.3 Å². The van der Waals surface area contributed by atoms with Gasteiger partial charge >= 0.3 is 6.18 Å². The van der Waals surface area contributed by atoms with Crippen molar-refractivity contribution in [1.82, 2.24) is 9.78 Å². The lowest BCUT2D eigenvalue weighted by Crippen LogP contribution is -2.29. The van der Waals surface area contributed by atoms with Crippen LogP contribution in [0.2, 0.25) is 0 Å². The maximum absolute atomic E-state index is 13.5. The number of hydrogen-bond donors (Lipinski definition) is 1. The monoisotopic (exact) mass is 456 g/mol. The van der Waals surface area contributed by atoms with Crippen molar-refractivity contribution < 1.29 is 18.0 Å². The molecule has 1 saturated heterocycles. The van der Waals surface area contributed by atoms with Crippen LogP contribution in [-0.4, -0.2) is 28.8 Å². The van der Waals surface area contributed by atoms with Crippen molar-refractivity contribution in [3.63, 3.8) is 0 Å². The van der Waals surface area contributed by atoms with E-state index in [0.717, 1.165) is 48.4 Å². The van der Waals surface area contributed by atoms with Gasteiger partial charge in [-0.05, 0) is 62.6 Å². The second-order valence-corrected chi connectivity index (χ2v) is 7.97. The quantitative estimate of drug-likeness (QED) is 0.612. The third-order valence-corrected chi connectivity index (χ3v) is 5.61. The Morgan fingerprint density at radius 1 is 1.00 bits per heavy atom. The SMILES string of the molecule is Cc1cc(=O)c(C(=O)Nc2ccc(N3CCCCC3)cc2)nn1-c1ccccc1C(F)(F)F. The van der Waals surface area contributed by atoms with E-state index in [1.54, 1.807) is 12.1 Å². The summed E-state index contributed by atoms with van der Waals surface area (Å²) < 4.78 is 41.4. The van der Waals surface area contributed by atoms with E-state index in [0.29, 0.717) is 5.69 Å². The molecule has 0 atom stereocenters. The zero-order valence-electron chi connectivity index (χ0n) is 18.0. The zero-order valence-corrected chi connectivity index (χ0v) is 18.0. The number of amides is 1. The molecule has 0 aliphatic carbocycles. The molecule has 1 N–H and O–H groups in total. The van der Waals surface area contributed by atoms with Crippen molar-refractivity contribution in [2.45, 2.75) is 32.4 Å². The van der Waals surface area contributed by atoms with Crippen LogP contribution in [0.3, 0.4) is 0 Å². The predicted octanol–water partition coefficient (Wildman–Crippen LogP) is 4.80. The largest absolute Gasteiger partial charge is 0.418 e. The summed E-state index contributed by atoms with van der Waals surface area (Å²) in [5, 5.41) is 6.60. The highest BCUT2D eigenvalue weighted by molar-refractivity contribution is 6.02. The number of hydrogen-bond acceptors (Lipinski definition) is 4. The molecule has 1 aliphatic rings. The molecule has 2 heterocycles. The van der Waals surface area contributed by atoms with Crippen LogP contribution in [0, 0.1) is 6.92 Å². The Balaban J connectivity index is 1.61. The van der Waals surface area contributed by atoms with Crippen molar-refractivity contribution in [1.29, 1.82) is 0 Å². The molecule has 0 radical (unpaired) electrons. The molecule has 1 aromatic heterocycles. The summed E-state index contributed by atoms with van der Waals surface area (Å²) in [5.74, 6) is -0.788. The highest BCUT2D eigenvalue weighted by atomic mass is 19.4. The van der Waals surface area contributed by atoms with E-state index in [-0.39, 0.29) is 11.4 Å². The molecular weight excluding hydrogens is 433 g/mol. The number of para-hydroxylation sites is 1. The molecule has 0 saturated carbocycles. The molecule has 1 amide bonds. The zero-order chi connectivity index (χ0) is 23.6. The van der Waals surface area contributed by atoms with E-state index >= 15 is 0 Å². The van der Waals surface area contributed by atoms with Gasteiger partial charge in [-0.25, -0.2) is 4.68 Å². The van der Waals surface area contributed by atoms with E-state index < -0.39 is 28.8 Å². The van der Waals surface area contributed by atoms with E-state index in [1.807, 2.05) is 12.1 Å². The van der Waals surface area contributed by atoms with Gasteiger partial charge in [-0.2, -0.15) is 18.3 Å². The van der Waals surface area contributed by atoms with Crippen LogP contribution in [0.15, 0.2) is 59.4 Å². The number of nitrogens with one attached hydrogen (secondary N) is 1. The van der Waals surface area contributed by atoms with Crippen molar-refractivity contribution in [3.05, 3.63) is 81.8 Å². The molecule has 172 valence electrons. The summed E-state index contributed by atoms with van der Waals surface area (Å²) in [6.45, 7) is 3.43. The molecule has 33 heavy (non-hydrogen) atoms. The summed E-state index contributed by atoms with van der Waals surface area (Å²) in [7, 11) is 0. The van der Waals surface area contributed by atoms with Gasteiger partial charge in [0, 0.05) is 36.2 Å². The number of piperidine rings is 1. The van der Waals surface area contributed by atoms with Crippen LogP contribution in [0.5, 0.6) is 0 Å². The van der Waals surface area contributed by atoms with Crippen molar-refractivity contribution in [2.24, 2.45) is 0 Å². The number of anilines is 2. The summed E-state index contributed by atoms with van der Waals surface area (Å²) in [6, 6.07) is 13.2. The number of aromatic nitrogens is 2. The highest BCUT2D eigenvalue weighted by Gasteiger charge is 2.34. The minimum Gasteiger partial charge on any atom is -0.372 e. The summed E-state index contributed by atoms with van der Waals surface area (Å²) in [4.78, 5) is 27.5. The number of aryl methyl sites for hydroxylation is 1. The fourth-order valence-electron chi connectivity index (χ4n) is 3.94. The smallest absolute Gasteiger partial charge is 0.372 e. The van der Waals surface area contributed by atoms with Gasteiger partial charge in [0.15, 0.2) is 5.69 Å². The summed E-state index contributed by atoms with van der Waals surface area (Å²) in [6.07, 6.45) is -1.12. The van der Waals surface area contributed by atoms with Gasteiger partial charge in [0.1, 0.15) is 0 Å². The fourth-order valence-corrected chi connectivity index (χ4v) is 3.94. The second-order valence-electron chi connectivity index (χ2n) is 7.97. The normalized spacial score (nSPS) is 14.2. The summed E-state index contributed by atoms with van der Waals surface area (Å²) >= 11 is 0. The first kappa shape index (κ1) is 22.6. The van der Waals surface area contributed by atoms with Gasteiger partial charge in [0.25, 0.3) is 5.91 Å². The van der Waals surface area contributed by atoms with E-state index in [4.69, 9.17) is 0 Å². The first-order valence-corrected chi connectivity index (χ1v) is 10.7. The average molecular weight is 456 g/mol. The Hall–Kier alpha value is -3.62. The molecular formula is C24H23F3N4O2. The fraction of sp³-hybridized carbons (Fsp3) is 0.292. The molecule has 1 fully saturated rings. The molecule has 2 aromatic carbocycles. The first-order chi connectivity index (χ1) is 15.7. The Bertz CT molecular complexity index is 1210. The molecule has 6 nitrogen and oxygen atoms in total. The topological polar surface area (TPSA) is 67.2 Å². The van der Waals surface area contributed by atoms with Crippen LogP contribution in [0.25, 0.3) is 5.69 Å². The van der Waals surface area contributed by atoms with E-state index in [1.165, 1.54) is 31.5 Å². The molecule has 9 heteroatoms. The Morgan fingerprint density at radius 3 is 2.33 bits per heavy atom. The van der Waals surface area contributed by atoms with Crippen LogP contribution in [-0.2, 0) is 6.18 Å². The minimum atomic E-state index is -4.62. The van der Waals surface area contributed by atoms with Crippen molar-refractivity contribution in [3.8, 4) is 5.69 Å². The molecule has 4 rings (SSSR count). The lowest BCUT2D eigenvalue weighted by Gasteiger charge is -2.28. The third kappa shape index (κ3) is 4.92. The van der Waals surface area contributed by atoms with Gasteiger partial charge in [-0.15, -0.1) is 0 Å². The number of alkyl halides is 3. The van der Waals surface area contributed by atoms with E-state index in [9.17, 15) is 22.8 Å². The first-order valence-electron chi connectivity index (χ1n) is 10.7. The lowest BCUT2D eigenvalue weighted by atomic mass is 10.1. The number of carbonyl (C=O) groups excluding carboxylic acids is 1. The van der Waals surface area contributed by atoms with Gasteiger partial charge in [-0.1, -0.05) is 12.1 Å². The third-order valence-electron chi connectivity index (χ3n) is 5.61. The maximum Gasteiger partial charge on any atom is 0.418 e. The minimum absolute atomic E-state index is 0.180. The van der Waals surface area contributed by atoms with Crippen molar-refractivity contribution in [2.75, 3.05) is 23.3 Å². The number of nitrogens with zero attached hydrogens (tertiary/aromatic N) is 3. The van der Waals surface area contributed by atoms with Crippen LogP contribution in [0.4, 0.5) is 24.5 Å². The maximum atomic E-state index is 13.5. The van der Waals surface area contributed by atoms with Gasteiger partial charge < -0.3 is 10.2 Å². The molecule has 0 unspecified atom stereocenters. The second kappa shape index (κ2) is 9.09. The number of halogens is 3. The van der Waals surface area contributed by atoms with E-state index in [2.05, 4.69) is 15.3 Å². The van der Waals surface area contributed by atoms with Gasteiger partial charge in [-0.3, -0.25) is 9.59 Å².